The number of aryl methyl sites for hydroxylation is 1. The number of carbonyl (C=O) groups is 1. The van der Waals surface area contributed by atoms with E-state index in [4.69, 9.17) is 9.68 Å². The highest BCUT2D eigenvalue weighted by Crippen LogP contribution is 2.23. The maximum absolute atomic E-state index is 12.3. The number of nitriles is 1. The summed E-state index contributed by atoms with van der Waals surface area (Å²) in [5.74, 6) is -0.211. The zero-order chi connectivity index (χ0) is 18.8. The number of nitrogens with one attached hydrogen (secondary N) is 1. The van der Waals surface area contributed by atoms with Crippen molar-refractivity contribution >= 4 is 33.5 Å². The van der Waals surface area contributed by atoms with Gasteiger partial charge in [-0.2, -0.15) is 15.0 Å². The summed E-state index contributed by atoms with van der Waals surface area (Å²) >= 11 is 3.06. The van der Waals surface area contributed by atoms with Gasteiger partial charge in [0.25, 0.3) is 5.91 Å². The smallest absolute Gasteiger partial charge is 0.404 e. The molecule has 0 aliphatic carbocycles. The van der Waals surface area contributed by atoms with Gasteiger partial charge < -0.3 is 19.8 Å². The minimum Gasteiger partial charge on any atom is -0.454 e. The van der Waals surface area contributed by atoms with Crippen molar-refractivity contribution in [3.05, 3.63) is 56.2 Å². The molecule has 1 N–H and O–H groups in total. The first-order valence-electron chi connectivity index (χ1n) is 7.08. The normalized spacial score (nSPS) is 10.5. The maximum Gasteiger partial charge on any atom is 0.404 e. The van der Waals surface area contributed by atoms with Gasteiger partial charge in [-0.3, -0.25) is 9.48 Å². The van der Waals surface area contributed by atoms with Crippen molar-refractivity contribution in [2.24, 2.45) is 7.05 Å². The number of carbonyl (C=O) groups excluding carboxylic acids is 1. The summed E-state index contributed by atoms with van der Waals surface area (Å²) in [4.78, 5) is 22.5. The van der Waals surface area contributed by atoms with Crippen molar-refractivity contribution in [3.8, 4) is 6.07 Å². The Morgan fingerprint density at radius 2 is 2.31 bits per heavy atom. The largest absolute Gasteiger partial charge is 0.454 e. The molecule has 132 valence electrons. The lowest BCUT2D eigenvalue weighted by atomic mass is 10.3. The second-order valence-electron chi connectivity index (χ2n) is 5.12. The molecule has 0 bridgehead atoms. The fourth-order valence-corrected chi connectivity index (χ4v) is 2.63. The minimum absolute atomic E-state index is 0.0193. The monoisotopic (exact) mass is 419 g/mol. The zero-order valence-corrected chi connectivity index (χ0v) is 14.8. The molecule has 0 unspecified atom stereocenters. The molecule has 0 radical (unpaired) electrons. The molecule has 0 aromatic carbocycles. The Morgan fingerprint density at radius 1 is 1.54 bits per heavy atom. The first-order valence-corrected chi connectivity index (χ1v) is 7.88. The minimum atomic E-state index is -0.609. The topological polar surface area (TPSA) is 145 Å². The number of halogens is 1. The molecule has 3 heterocycles. The number of hydrogen-bond donors (Lipinski definition) is 1. The predicted molar refractivity (Wildman–Crippen MR) is 90.3 cm³/mol. The van der Waals surface area contributed by atoms with E-state index < -0.39 is 10.8 Å². The van der Waals surface area contributed by atoms with Crippen molar-refractivity contribution in [3.63, 3.8) is 0 Å². The summed E-state index contributed by atoms with van der Waals surface area (Å²) in [6, 6.07) is 4.95. The van der Waals surface area contributed by atoms with Crippen LogP contribution in [0.4, 0.5) is 11.6 Å². The summed E-state index contributed by atoms with van der Waals surface area (Å²) in [6.07, 6.45) is 2.78. The number of amides is 1. The first-order chi connectivity index (χ1) is 12.4. The fraction of sp³-hybridized carbons (Fsp3) is 0.143. The third kappa shape index (κ3) is 3.33. The van der Waals surface area contributed by atoms with Crippen LogP contribution in [0, 0.1) is 21.4 Å². The highest BCUT2D eigenvalue weighted by atomic mass is 79.9. The summed E-state index contributed by atoms with van der Waals surface area (Å²) in [7, 11) is 1.59. The van der Waals surface area contributed by atoms with Crippen molar-refractivity contribution in [1.82, 2.24) is 19.6 Å². The standard InChI is InChI=1S/C14H10BrN7O4/c1-20-12(8(4-16)5-17-20)18-14(23)11-3-2-9(26-11)6-21-7-10(15)13(19-21)22(24)25/h2-3,5,7H,6H2,1H3,(H,18,23). The average molecular weight is 420 g/mol. The second kappa shape index (κ2) is 6.81. The van der Waals surface area contributed by atoms with E-state index in [-0.39, 0.29) is 34.0 Å². The molecular formula is C14H10BrN7O4. The van der Waals surface area contributed by atoms with E-state index in [9.17, 15) is 14.9 Å². The molecule has 0 saturated carbocycles. The maximum atomic E-state index is 12.3. The van der Waals surface area contributed by atoms with Gasteiger partial charge in [0.15, 0.2) is 5.76 Å². The van der Waals surface area contributed by atoms with E-state index in [2.05, 4.69) is 31.4 Å². The molecule has 12 heteroatoms. The van der Waals surface area contributed by atoms with Crippen LogP contribution in [0.1, 0.15) is 21.9 Å². The van der Waals surface area contributed by atoms with Gasteiger partial charge in [-0.25, -0.2) is 0 Å². The Labute approximate surface area is 154 Å². The van der Waals surface area contributed by atoms with Gasteiger partial charge in [-0.1, -0.05) is 0 Å². The van der Waals surface area contributed by atoms with E-state index in [1.807, 2.05) is 6.07 Å². The number of furan rings is 1. The number of hydrogen-bond acceptors (Lipinski definition) is 7. The van der Waals surface area contributed by atoms with Crippen LogP contribution in [0.3, 0.4) is 0 Å². The summed E-state index contributed by atoms with van der Waals surface area (Å²) in [5, 5.41) is 30.1. The van der Waals surface area contributed by atoms with Crippen molar-refractivity contribution in [1.29, 1.82) is 5.26 Å². The Hall–Kier alpha value is -3.46. The molecule has 0 aliphatic rings. The Kier molecular flexibility index (Phi) is 4.55. The van der Waals surface area contributed by atoms with Gasteiger partial charge in [0.1, 0.15) is 34.2 Å². The number of aromatic nitrogens is 4. The molecule has 3 aromatic heterocycles. The number of nitrogens with zero attached hydrogens (tertiary/aromatic N) is 6. The lowest BCUT2D eigenvalue weighted by molar-refractivity contribution is -0.390. The fourth-order valence-electron chi connectivity index (χ4n) is 2.17. The lowest BCUT2D eigenvalue weighted by Crippen LogP contribution is -2.14. The van der Waals surface area contributed by atoms with E-state index in [0.29, 0.717) is 5.76 Å². The SMILES string of the molecule is Cn1ncc(C#N)c1NC(=O)c1ccc(Cn2cc(Br)c([N+](=O)[O-])n2)o1. The number of nitro groups is 1. The van der Waals surface area contributed by atoms with Gasteiger partial charge in [-0.15, -0.1) is 0 Å². The molecule has 3 rings (SSSR count). The van der Waals surface area contributed by atoms with Gasteiger partial charge in [0, 0.05) is 7.05 Å². The molecule has 1 amide bonds. The van der Waals surface area contributed by atoms with E-state index in [1.165, 1.54) is 27.8 Å². The molecule has 0 atom stereocenters. The van der Waals surface area contributed by atoms with Crippen molar-refractivity contribution in [2.45, 2.75) is 6.54 Å². The Balaban J connectivity index is 1.74. The van der Waals surface area contributed by atoms with Crippen molar-refractivity contribution < 1.29 is 14.1 Å². The molecule has 0 spiro atoms. The first kappa shape index (κ1) is 17.4. The number of rotatable bonds is 5. The molecule has 26 heavy (non-hydrogen) atoms. The Bertz CT molecular complexity index is 1040. The van der Waals surface area contributed by atoms with Crippen LogP contribution in [0.15, 0.2) is 33.4 Å². The van der Waals surface area contributed by atoms with E-state index in [0.717, 1.165) is 0 Å². The van der Waals surface area contributed by atoms with Gasteiger partial charge >= 0.3 is 5.82 Å². The molecule has 0 fully saturated rings. The van der Waals surface area contributed by atoms with Crippen LogP contribution in [-0.2, 0) is 13.6 Å². The van der Waals surface area contributed by atoms with Crippen molar-refractivity contribution in [2.75, 3.05) is 5.32 Å². The summed E-state index contributed by atoms with van der Waals surface area (Å²) in [5.41, 5.74) is 0.223. The van der Waals surface area contributed by atoms with Crippen LogP contribution < -0.4 is 5.32 Å². The summed E-state index contributed by atoms with van der Waals surface area (Å²) < 4.78 is 8.37. The van der Waals surface area contributed by atoms with Crippen LogP contribution in [0.5, 0.6) is 0 Å². The average Bonchev–Trinajstić information content (AvgIpc) is 3.28. The third-order valence-corrected chi connectivity index (χ3v) is 3.93. The zero-order valence-electron chi connectivity index (χ0n) is 13.2. The van der Waals surface area contributed by atoms with Gasteiger partial charge in [0.05, 0.1) is 17.5 Å². The molecule has 11 nitrogen and oxygen atoms in total. The molecule has 0 aliphatic heterocycles. The van der Waals surface area contributed by atoms with Crippen LogP contribution >= 0.6 is 15.9 Å². The summed E-state index contributed by atoms with van der Waals surface area (Å²) in [6.45, 7) is 0.106. The van der Waals surface area contributed by atoms with Gasteiger partial charge in [-0.05, 0) is 33.0 Å². The number of anilines is 1. The van der Waals surface area contributed by atoms with Gasteiger partial charge in [0.2, 0.25) is 0 Å². The lowest BCUT2D eigenvalue weighted by Gasteiger charge is -2.03. The predicted octanol–water partition coefficient (Wildman–Crippen LogP) is 2.05. The quantitative estimate of drug-likeness (QED) is 0.491. The van der Waals surface area contributed by atoms with Crippen LogP contribution in [-0.4, -0.2) is 30.4 Å². The van der Waals surface area contributed by atoms with E-state index in [1.54, 1.807) is 13.1 Å². The van der Waals surface area contributed by atoms with Crippen LogP contribution in [0.25, 0.3) is 0 Å². The molecule has 0 saturated heterocycles. The Morgan fingerprint density at radius 3 is 2.96 bits per heavy atom. The molecular weight excluding hydrogens is 410 g/mol. The third-order valence-electron chi connectivity index (χ3n) is 3.37. The molecule has 3 aromatic rings. The van der Waals surface area contributed by atoms with E-state index >= 15 is 0 Å². The second-order valence-corrected chi connectivity index (χ2v) is 5.97. The van der Waals surface area contributed by atoms with Crippen LogP contribution in [0.2, 0.25) is 0 Å². The highest BCUT2D eigenvalue weighted by Gasteiger charge is 2.20. The highest BCUT2D eigenvalue weighted by molar-refractivity contribution is 9.10.